The Labute approximate surface area is 236 Å². The Morgan fingerprint density at radius 2 is 1.95 bits per heavy atom. The topological polar surface area (TPSA) is 81.1 Å². The Morgan fingerprint density at radius 3 is 2.61 bits per heavy atom. The van der Waals surface area contributed by atoms with Gasteiger partial charge in [-0.05, 0) is 54.2 Å². The van der Waals surface area contributed by atoms with E-state index in [1.807, 2.05) is 20.8 Å². The highest BCUT2D eigenvalue weighted by atomic mass is 19.1. The number of aromatic nitrogens is 3. The zero-order valence-corrected chi connectivity index (χ0v) is 23.4. The molecule has 2 saturated heterocycles. The molecular weight excluding hydrogens is 538 g/mol. The maximum Gasteiger partial charge on any atom is 0.253 e. The van der Waals surface area contributed by atoms with Gasteiger partial charge < -0.3 is 15.4 Å². The molecule has 3 heterocycles. The van der Waals surface area contributed by atoms with Crippen LogP contribution >= 0.6 is 0 Å². The minimum absolute atomic E-state index is 0.0616. The van der Waals surface area contributed by atoms with E-state index in [-0.39, 0.29) is 42.8 Å². The molecular formula is C30H35F4N5O2. The number of amides is 1. The number of alkyl halides is 1. The van der Waals surface area contributed by atoms with E-state index >= 15 is 0 Å². The van der Waals surface area contributed by atoms with Crippen LogP contribution in [0.5, 0.6) is 0 Å². The summed E-state index contributed by atoms with van der Waals surface area (Å²) in [6, 6.07) is 9.01. The molecule has 1 aromatic heterocycles. The number of carbonyl (C=O) groups excluding carboxylic acids is 1. The molecule has 41 heavy (non-hydrogen) atoms. The lowest BCUT2D eigenvalue weighted by atomic mass is 9.68. The van der Waals surface area contributed by atoms with Crippen molar-refractivity contribution in [2.75, 3.05) is 26.2 Å². The third-order valence-corrected chi connectivity index (χ3v) is 7.90. The molecule has 0 radical (unpaired) electrons. The van der Waals surface area contributed by atoms with E-state index in [1.54, 1.807) is 12.1 Å². The second-order valence-corrected chi connectivity index (χ2v) is 12.0. The third-order valence-electron chi connectivity index (χ3n) is 7.90. The van der Waals surface area contributed by atoms with E-state index in [0.717, 1.165) is 18.2 Å². The quantitative estimate of drug-likeness (QED) is 0.380. The SMILES string of the molecule is CC(C)(C)[C@H](c1nc(-c2cc(F)ccc2F)nn1Cc1cccc(F)c1)C1(C(=O)NC[C@@H]2CNC[C@@H]2F)CCCO1. The van der Waals surface area contributed by atoms with Crippen LogP contribution < -0.4 is 10.6 Å². The zero-order valence-electron chi connectivity index (χ0n) is 23.4. The fourth-order valence-corrected chi connectivity index (χ4v) is 6.04. The average molecular weight is 574 g/mol. The number of nitrogens with zero attached hydrogens (tertiary/aromatic N) is 3. The standard InChI is InChI=1S/C30H35F4N5O2/c1-29(2,3)25(30(10-5-11-41-30)28(40)36-15-19-14-35-16-24(19)34)27-37-26(22-13-21(32)8-9-23(22)33)38-39(27)17-18-6-4-7-20(31)12-18/h4,6-9,12-13,19,24-25,35H,5,10-11,14-17H2,1-3H3,(H,36,40)/t19-,24-,25-,30?/m0/s1. The summed E-state index contributed by atoms with van der Waals surface area (Å²) in [5.41, 5.74) is -1.57. The van der Waals surface area contributed by atoms with Crippen molar-refractivity contribution in [3.05, 3.63) is 71.3 Å². The van der Waals surface area contributed by atoms with E-state index in [9.17, 15) is 22.4 Å². The van der Waals surface area contributed by atoms with Gasteiger partial charge in [0, 0.05) is 32.2 Å². The summed E-state index contributed by atoms with van der Waals surface area (Å²) in [6.45, 7) is 7.07. The van der Waals surface area contributed by atoms with E-state index in [0.29, 0.717) is 37.4 Å². The molecule has 2 fully saturated rings. The van der Waals surface area contributed by atoms with Crippen molar-refractivity contribution in [1.82, 2.24) is 25.4 Å². The second kappa shape index (κ2) is 11.5. The molecule has 2 aliphatic rings. The number of ether oxygens (including phenoxy) is 1. The lowest BCUT2D eigenvalue weighted by molar-refractivity contribution is -0.149. The van der Waals surface area contributed by atoms with Crippen LogP contribution in [-0.2, 0) is 16.1 Å². The van der Waals surface area contributed by atoms with E-state index in [4.69, 9.17) is 9.72 Å². The highest BCUT2D eigenvalue weighted by Crippen LogP contribution is 2.49. The smallest absolute Gasteiger partial charge is 0.253 e. The lowest BCUT2D eigenvalue weighted by Crippen LogP contribution is -2.55. The van der Waals surface area contributed by atoms with Crippen LogP contribution in [0.3, 0.4) is 0 Å². The number of rotatable bonds is 8. The first-order valence-electron chi connectivity index (χ1n) is 13.9. The number of carbonyl (C=O) groups is 1. The molecule has 2 N–H and O–H groups in total. The van der Waals surface area contributed by atoms with Gasteiger partial charge in [0.15, 0.2) is 11.4 Å². The van der Waals surface area contributed by atoms with Crippen LogP contribution in [0.4, 0.5) is 17.6 Å². The highest BCUT2D eigenvalue weighted by Gasteiger charge is 2.56. The fourth-order valence-electron chi connectivity index (χ4n) is 6.04. The Hall–Kier alpha value is -3.31. The van der Waals surface area contributed by atoms with E-state index < -0.39 is 40.6 Å². The van der Waals surface area contributed by atoms with E-state index in [2.05, 4.69) is 15.7 Å². The zero-order chi connectivity index (χ0) is 29.4. The van der Waals surface area contributed by atoms with E-state index in [1.165, 1.54) is 16.8 Å². The number of halogens is 4. The second-order valence-electron chi connectivity index (χ2n) is 12.0. The van der Waals surface area contributed by atoms with Crippen molar-refractivity contribution >= 4 is 5.91 Å². The number of nitrogens with one attached hydrogen (secondary N) is 2. The van der Waals surface area contributed by atoms with Crippen LogP contribution in [0.15, 0.2) is 42.5 Å². The van der Waals surface area contributed by atoms with Gasteiger partial charge in [-0.3, -0.25) is 4.79 Å². The van der Waals surface area contributed by atoms with Gasteiger partial charge in [-0.15, -0.1) is 0 Å². The number of hydrogen-bond donors (Lipinski definition) is 2. The average Bonchev–Trinajstić information content (AvgIpc) is 3.65. The lowest BCUT2D eigenvalue weighted by Gasteiger charge is -2.42. The molecule has 3 aromatic rings. The van der Waals surface area contributed by atoms with Crippen molar-refractivity contribution in [2.24, 2.45) is 11.3 Å². The van der Waals surface area contributed by atoms with Crippen LogP contribution in [0.1, 0.15) is 50.9 Å². The van der Waals surface area contributed by atoms with Crippen molar-refractivity contribution < 1.29 is 27.1 Å². The molecule has 1 unspecified atom stereocenters. The summed E-state index contributed by atoms with van der Waals surface area (Å²) in [5.74, 6) is -2.97. The summed E-state index contributed by atoms with van der Waals surface area (Å²) in [4.78, 5) is 18.7. The van der Waals surface area contributed by atoms with Gasteiger partial charge in [-0.25, -0.2) is 27.2 Å². The Morgan fingerprint density at radius 1 is 1.17 bits per heavy atom. The van der Waals surface area contributed by atoms with Gasteiger partial charge in [-0.2, -0.15) is 5.10 Å². The third kappa shape index (κ3) is 6.01. The molecule has 2 aliphatic heterocycles. The predicted molar refractivity (Wildman–Crippen MR) is 145 cm³/mol. The monoisotopic (exact) mass is 573 g/mol. The fraction of sp³-hybridized carbons (Fsp3) is 0.500. The van der Waals surface area contributed by atoms with Crippen molar-refractivity contribution in [3.63, 3.8) is 0 Å². The van der Waals surface area contributed by atoms with Crippen LogP contribution in [0.25, 0.3) is 11.4 Å². The maximum atomic E-state index is 14.9. The molecule has 0 bridgehead atoms. The van der Waals surface area contributed by atoms with Gasteiger partial charge in [0.2, 0.25) is 0 Å². The molecule has 2 aromatic carbocycles. The molecule has 1 amide bonds. The number of benzene rings is 2. The summed E-state index contributed by atoms with van der Waals surface area (Å²) in [6.07, 6.45) is -0.0773. The first-order chi connectivity index (χ1) is 19.5. The van der Waals surface area contributed by atoms with Gasteiger partial charge in [0.1, 0.15) is 29.4 Å². The highest BCUT2D eigenvalue weighted by molar-refractivity contribution is 5.87. The normalized spacial score (nSPS) is 23.6. The Balaban J connectivity index is 1.61. The summed E-state index contributed by atoms with van der Waals surface area (Å²) in [5, 5.41) is 10.5. The van der Waals surface area contributed by atoms with Gasteiger partial charge in [0.05, 0.1) is 18.0 Å². The molecule has 4 atom stereocenters. The first-order valence-corrected chi connectivity index (χ1v) is 13.9. The van der Waals surface area contributed by atoms with Crippen LogP contribution in [0.2, 0.25) is 0 Å². The summed E-state index contributed by atoms with van der Waals surface area (Å²) in [7, 11) is 0. The molecule has 0 spiro atoms. The molecule has 220 valence electrons. The molecule has 5 rings (SSSR count). The molecule has 11 heteroatoms. The predicted octanol–water partition coefficient (Wildman–Crippen LogP) is 4.76. The summed E-state index contributed by atoms with van der Waals surface area (Å²) >= 11 is 0. The Bertz CT molecular complexity index is 1400. The Kier molecular flexibility index (Phi) is 8.20. The molecule has 7 nitrogen and oxygen atoms in total. The largest absolute Gasteiger partial charge is 0.364 e. The van der Waals surface area contributed by atoms with Crippen molar-refractivity contribution in [1.29, 1.82) is 0 Å². The van der Waals surface area contributed by atoms with Gasteiger partial charge >= 0.3 is 0 Å². The summed E-state index contributed by atoms with van der Waals surface area (Å²) < 4.78 is 65.2. The maximum absolute atomic E-state index is 14.9. The van der Waals surface area contributed by atoms with Gasteiger partial charge in [0.25, 0.3) is 5.91 Å². The van der Waals surface area contributed by atoms with Crippen molar-refractivity contribution in [2.45, 2.75) is 57.8 Å². The number of hydrogen-bond acceptors (Lipinski definition) is 5. The molecule has 0 aliphatic carbocycles. The minimum Gasteiger partial charge on any atom is -0.364 e. The van der Waals surface area contributed by atoms with Crippen molar-refractivity contribution in [3.8, 4) is 11.4 Å². The molecule has 0 saturated carbocycles. The minimum atomic E-state index is -1.37. The first kappa shape index (κ1) is 29.2. The van der Waals surface area contributed by atoms with Crippen LogP contribution in [-0.4, -0.2) is 58.7 Å². The van der Waals surface area contributed by atoms with Gasteiger partial charge in [-0.1, -0.05) is 32.9 Å². The van der Waals surface area contributed by atoms with Crippen LogP contribution in [0, 0.1) is 28.8 Å².